The van der Waals surface area contributed by atoms with Crippen LogP contribution in [0.4, 0.5) is 4.39 Å². The fourth-order valence-electron chi connectivity index (χ4n) is 4.14. The monoisotopic (exact) mass is 421 g/mol. The predicted octanol–water partition coefficient (Wildman–Crippen LogP) is 4.67. The van der Waals surface area contributed by atoms with E-state index in [1.807, 2.05) is 45.9 Å². The highest BCUT2D eigenvalue weighted by atomic mass is 32.1. The van der Waals surface area contributed by atoms with Crippen LogP contribution < -0.4 is 5.69 Å². The molecule has 2 aromatic carbocycles. The first kappa shape index (κ1) is 18.8. The van der Waals surface area contributed by atoms with Gasteiger partial charge in [0.25, 0.3) is 5.91 Å². The van der Waals surface area contributed by atoms with Crippen LogP contribution in [0, 0.1) is 5.82 Å². The lowest BCUT2D eigenvalue weighted by atomic mass is 10.0. The summed E-state index contributed by atoms with van der Waals surface area (Å²) in [6.07, 6.45) is 1.48. The lowest BCUT2D eigenvalue weighted by molar-refractivity contribution is 0.0700. The van der Waals surface area contributed by atoms with Gasteiger partial charge in [-0.25, -0.2) is 9.18 Å². The molecule has 1 saturated heterocycles. The number of fused-ring (bicyclic) bond motifs is 1. The topological polar surface area (TPSA) is 58.1 Å². The molecule has 30 heavy (non-hydrogen) atoms. The zero-order chi connectivity index (χ0) is 20.7. The number of piperidine rings is 1. The van der Waals surface area contributed by atoms with Gasteiger partial charge in [-0.2, -0.15) is 0 Å². The molecular weight excluding hydrogens is 401 g/mol. The number of aromatic nitrogens is 2. The summed E-state index contributed by atoms with van der Waals surface area (Å²) in [4.78, 5) is 31.8. The van der Waals surface area contributed by atoms with E-state index in [2.05, 4.69) is 4.98 Å². The van der Waals surface area contributed by atoms with E-state index in [0.717, 1.165) is 34.3 Å². The number of aromatic amines is 1. The number of rotatable bonds is 3. The standard InChI is InChI=1S/C23H20FN3O2S/c24-16-7-5-15(6-8-16)20-9-10-21(30-20)22(28)26-13-11-17(12-14-26)27-19-4-2-1-3-18(19)25-23(27)29/h1-10,17H,11-14H2,(H,25,29). The summed E-state index contributed by atoms with van der Waals surface area (Å²) >= 11 is 1.42. The molecule has 0 unspecified atom stereocenters. The van der Waals surface area contributed by atoms with E-state index >= 15 is 0 Å². The first-order valence-electron chi connectivity index (χ1n) is 9.94. The van der Waals surface area contributed by atoms with Gasteiger partial charge in [-0.1, -0.05) is 24.3 Å². The number of likely N-dealkylation sites (tertiary alicyclic amines) is 1. The summed E-state index contributed by atoms with van der Waals surface area (Å²) in [5.74, 6) is -0.262. The zero-order valence-electron chi connectivity index (χ0n) is 16.2. The van der Waals surface area contributed by atoms with Gasteiger partial charge >= 0.3 is 5.69 Å². The molecule has 3 heterocycles. The minimum absolute atomic E-state index is 0.0121. The average Bonchev–Trinajstić information content (AvgIpc) is 3.38. The lowest BCUT2D eigenvalue weighted by Gasteiger charge is -2.32. The van der Waals surface area contributed by atoms with E-state index in [0.29, 0.717) is 18.0 Å². The molecule has 5 rings (SSSR count). The van der Waals surface area contributed by atoms with Crippen LogP contribution in [-0.4, -0.2) is 33.4 Å². The molecule has 4 aromatic rings. The van der Waals surface area contributed by atoms with Crippen molar-refractivity contribution in [2.24, 2.45) is 0 Å². The molecule has 0 saturated carbocycles. The van der Waals surface area contributed by atoms with Crippen LogP contribution in [0.3, 0.4) is 0 Å². The molecule has 5 nitrogen and oxygen atoms in total. The smallest absolute Gasteiger partial charge is 0.326 e. The number of carbonyl (C=O) groups is 1. The fraction of sp³-hybridized carbons (Fsp3) is 0.217. The molecule has 7 heteroatoms. The molecule has 1 amide bonds. The van der Waals surface area contributed by atoms with Crippen molar-refractivity contribution in [2.75, 3.05) is 13.1 Å². The first-order chi connectivity index (χ1) is 14.6. The molecule has 2 aromatic heterocycles. The number of H-pyrrole nitrogens is 1. The van der Waals surface area contributed by atoms with Crippen LogP contribution >= 0.6 is 11.3 Å². The Morgan fingerprint density at radius 2 is 1.73 bits per heavy atom. The molecule has 1 N–H and O–H groups in total. The van der Waals surface area contributed by atoms with Crippen LogP contribution in [0.2, 0.25) is 0 Å². The molecule has 0 atom stereocenters. The highest BCUT2D eigenvalue weighted by Gasteiger charge is 2.27. The quantitative estimate of drug-likeness (QED) is 0.522. The number of nitrogens with one attached hydrogen (secondary N) is 1. The number of thiophene rings is 1. The van der Waals surface area contributed by atoms with Crippen molar-refractivity contribution < 1.29 is 9.18 Å². The van der Waals surface area contributed by atoms with E-state index in [1.54, 1.807) is 12.1 Å². The van der Waals surface area contributed by atoms with Crippen LogP contribution in [0.25, 0.3) is 21.5 Å². The molecule has 0 radical (unpaired) electrons. The maximum Gasteiger partial charge on any atom is 0.326 e. The second-order valence-electron chi connectivity index (χ2n) is 7.51. The van der Waals surface area contributed by atoms with Crippen molar-refractivity contribution in [3.05, 3.63) is 81.8 Å². The number of para-hydroxylation sites is 2. The first-order valence-corrected chi connectivity index (χ1v) is 10.8. The Morgan fingerprint density at radius 3 is 2.50 bits per heavy atom. The molecular formula is C23H20FN3O2S. The van der Waals surface area contributed by atoms with Crippen molar-refractivity contribution in [1.82, 2.24) is 14.5 Å². The zero-order valence-corrected chi connectivity index (χ0v) is 17.0. The van der Waals surface area contributed by atoms with Crippen LogP contribution in [0.1, 0.15) is 28.6 Å². The third-order valence-corrected chi connectivity index (χ3v) is 6.81. The second-order valence-corrected chi connectivity index (χ2v) is 8.60. The summed E-state index contributed by atoms with van der Waals surface area (Å²) in [5, 5.41) is 0. The van der Waals surface area contributed by atoms with Gasteiger partial charge in [0.1, 0.15) is 5.82 Å². The minimum Gasteiger partial charge on any atom is -0.338 e. The summed E-state index contributed by atoms with van der Waals surface area (Å²) < 4.78 is 15.0. The Morgan fingerprint density at radius 1 is 1.00 bits per heavy atom. The fourth-order valence-corrected chi connectivity index (χ4v) is 5.12. The number of amides is 1. The lowest BCUT2D eigenvalue weighted by Crippen LogP contribution is -2.40. The maximum absolute atomic E-state index is 13.1. The minimum atomic E-state index is -0.274. The maximum atomic E-state index is 13.1. The van der Waals surface area contributed by atoms with Crippen molar-refractivity contribution in [3.8, 4) is 10.4 Å². The Bertz CT molecular complexity index is 1260. The van der Waals surface area contributed by atoms with Gasteiger partial charge in [-0.15, -0.1) is 11.3 Å². The molecule has 152 valence electrons. The third-order valence-electron chi connectivity index (χ3n) is 5.69. The van der Waals surface area contributed by atoms with Gasteiger partial charge in [0, 0.05) is 24.0 Å². The number of hydrogen-bond donors (Lipinski definition) is 1. The average molecular weight is 421 g/mol. The summed E-state index contributed by atoms with van der Waals surface area (Å²) in [7, 11) is 0. The molecule has 0 spiro atoms. The van der Waals surface area contributed by atoms with Crippen molar-refractivity contribution in [3.63, 3.8) is 0 Å². The third kappa shape index (κ3) is 3.35. The number of hydrogen-bond acceptors (Lipinski definition) is 3. The van der Waals surface area contributed by atoms with E-state index < -0.39 is 0 Å². The summed E-state index contributed by atoms with van der Waals surface area (Å²) in [5.41, 5.74) is 2.56. The molecule has 0 aliphatic carbocycles. The van der Waals surface area contributed by atoms with Crippen LogP contribution in [0.15, 0.2) is 65.5 Å². The molecule has 1 fully saturated rings. The Hall–Kier alpha value is -3.19. The Balaban J connectivity index is 1.30. The second kappa shape index (κ2) is 7.57. The van der Waals surface area contributed by atoms with E-state index in [4.69, 9.17) is 0 Å². The number of nitrogens with zero attached hydrogens (tertiary/aromatic N) is 2. The number of carbonyl (C=O) groups excluding carboxylic acids is 1. The van der Waals surface area contributed by atoms with Gasteiger partial charge in [0.15, 0.2) is 0 Å². The molecule has 0 bridgehead atoms. The number of imidazole rings is 1. The SMILES string of the molecule is O=C(c1ccc(-c2ccc(F)cc2)s1)N1CCC(n2c(=O)[nH]c3ccccc32)CC1. The predicted molar refractivity (Wildman–Crippen MR) is 116 cm³/mol. The van der Waals surface area contributed by atoms with Gasteiger partial charge in [0.05, 0.1) is 15.9 Å². The van der Waals surface area contributed by atoms with Crippen LogP contribution in [0.5, 0.6) is 0 Å². The largest absolute Gasteiger partial charge is 0.338 e. The van der Waals surface area contributed by atoms with Gasteiger partial charge in [0.2, 0.25) is 0 Å². The molecule has 1 aliphatic heterocycles. The highest BCUT2D eigenvalue weighted by Crippen LogP contribution is 2.31. The normalized spacial score (nSPS) is 15.0. The van der Waals surface area contributed by atoms with Crippen molar-refractivity contribution >= 4 is 28.3 Å². The number of halogens is 1. The van der Waals surface area contributed by atoms with Crippen LogP contribution in [-0.2, 0) is 0 Å². The summed E-state index contributed by atoms with van der Waals surface area (Å²) in [6.45, 7) is 1.22. The van der Waals surface area contributed by atoms with Gasteiger partial charge in [-0.05, 0) is 54.8 Å². The summed E-state index contributed by atoms with van der Waals surface area (Å²) in [6, 6.07) is 17.8. The highest BCUT2D eigenvalue weighted by molar-refractivity contribution is 7.17. The van der Waals surface area contributed by atoms with Gasteiger partial charge < -0.3 is 9.88 Å². The van der Waals surface area contributed by atoms with E-state index in [-0.39, 0.29) is 23.5 Å². The van der Waals surface area contributed by atoms with Crippen molar-refractivity contribution in [2.45, 2.75) is 18.9 Å². The Labute approximate surface area is 176 Å². The Kier molecular flexibility index (Phi) is 4.75. The molecule has 1 aliphatic rings. The van der Waals surface area contributed by atoms with E-state index in [1.165, 1.54) is 23.5 Å². The number of benzene rings is 2. The van der Waals surface area contributed by atoms with E-state index in [9.17, 15) is 14.0 Å². The van der Waals surface area contributed by atoms with Gasteiger partial charge in [-0.3, -0.25) is 9.36 Å². The van der Waals surface area contributed by atoms with Crippen molar-refractivity contribution in [1.29, 1.82) is 0 Å².